The average molecular weight is 254 g/mol. The Morgan fingerprint density at radius 2 is 2.00 bits per heavy atom. The van der Waals surface area contributed by atoms with Gasteiger partial charge in [-0.15, -0.1) is 11.8 Å². The van der Waals surface area contributed by atoms with Gasteiger partial charge < -0.3 is 4.74 Å². The zero-order valence-corrected chi connectivity index (χ0v) is 10.7. The van der Waals surface area contributed by atoms with Crippen LogP contribution in [-0.4, -0.2) is 30.5 Å². The third-order valence-electron chi connectivity index (χ3n) is 2.19. The van der Waals surface area contributed by atoms with Crippen molar-refractivity contribution in [1.82, 2.24) is 0 Å². The Hall–Kier alpha value is -0.320. The highest BCUT2D eigenvalue weighted by atomic mass is 32.2. The Balaban J connectivity index is 3.86. The topological polar surface area (TPSA) is 26.3 Å². The first-order valence-corrected chi connectivity index (χ1v) is 6.64. The molecule has 0 bridgehead atoms. The lowest BCUT2D eigenvalue weighted by Gasteiger charge is -2.13. The number of ether oxygens (including phenoxy) is 1. The molecule has 0 heterocycles. The lowest BCUT2D eigenvalue weighted by molar-refractivity contribution is -0.140. The molecule has 0 spiro atoms. The summed E-state index contributed by atoms with van der Waals surface area (Å²) in [6, 6.07) is 0. The van der Waals surface area contributed by atoms with Crippen molar-refractivity contribution in [3.8, 4) is 0 Å². The van der Waals surface area contributed by atoms with Crippen molar-refractivity contribution in [2.45, 2.75) is 50.7 Å². The fourth-order valence-corrected chi connectivity index (χ4v) is 2.44. The fourth-order valence-electron chi connectivity index (χ4n) is 1.28. The number of rotatable bonds is 9. The van der Waals surface area contributed by atoms with Crippen LogP contribution in [0.15, 0.2) is 0 Å². The minimum absolute atomic E-state index is 0.161. The number of thioether (sulfide) groups is 1. The number of methoxy groups -OCH3 is 1. The SMILES string of the molecule is CCCCCC(SCCC(F)F)C(=O)OC. The van der Waals surface area contributed by atoms with Gasteiger partial charge in [-0.05, 0) is 12.2 Å². The van der Waals surface area contributed by atoms with Crippen molar-refractivity contribution in [2.75, 3.05) is 12.9 Å². The maximum Gasteiger partial charge on any atom is 0.318 e. The van der Waals surface area contributed by atoms with Gasteiger partial charge in [-0.2, -0.15) is 0 Å². The molecule has 0 saturated carbocycles. The van der Waals surface area contributed by atoms with Crippen molar-refractivity contribution in [3.63, 3.8) is 0 Å². The number of carbonyl (C=O) groups is 1. The van der Waals surface area contributed by atoms with E-state index in [0.717, 1.165) is 19.3 Å². The van der Waals surface area contributed by atoms with E-state index >= 15 is 0 Å². The molecule has 0 amide bonds. The maximum atomic E-state index is 11.9. The molecule has 0 aliphatic heterocycles. The van der Waals surface area contributed by atoms with Gasteiger partial charge in [0, 0.05) is 6.42 Å². The van der Waals surface area contributed by atoms with Crippen LogP contribution in [-0.2, 0) is 9.53 Å². The molecule has 0 fully saturated rings. The second-order valence-electron chi connectivity index (χ2n) is 3.56. The Labute approximate surface area is 100 Å². The summed E-state index contributed by atoms with van der Waals surface area (Å²) < 4.78 is 28.5. The largest absolute Gasteiger partial charge is 0.468 e. The highest BCUT2D eigenvalue weighted by Crippen LogP contribution is 2.21. The van der Waals surface area contributed by atoms with Gasteiger partial charge in [0.2, 0.25) is 6.43 Å². The Morgan fingerprint density at radius 3 is 2.50 bits per heavy atom. The van der Waals surface area contributed by atoms with Crippen LogP contribution >= 0.6 is 11.8 Å². The van der Waals surface area contributed by atoms with E-state index < -0.39 is 6.43 Å². The summed E-state index contributed by atoms with van der Waals surface area (Å²) in [5, 5.41) is -0.282. The van der Waals surface area contributed by atoms with Gasteiger partial charge in [0.15, 0.2) is 0 Å². The number of alkyl halides is 2. The zero-order chi connectivity index (χ0) is 12.4. The third-order valence-corrected chi connectivity index (χ3v) is 3.49. The van der Waals surface area contributed by atoms with Crippen LogP contribution in [0.5, 0.6) is 0 Å². The minimum Gasteiger partial charge on any atom is -0.468 e. The molecular formula is C11H20F2O2S. The second kappa shape index (κ2) is 9.87. The summed E-state index contributed by atoms with van der Waals surface area (Å²) in [6.45, 7) is 2.08. The zero-order valence-electron chi connectivity index (χ0n) is 9.88. The summed E-state index contributed by atoms with van der Waals surface area (Å²) in [6.07, 6.45) is 1.35. The Morgan fingerprint density at radius 1 is 1.31 bits per heavy atom. The van der Waals surface area contributed by atoms with Gasteiger partial charge in [0.05, 0.1) is 7.11 Å². The lowest BCUT2D eigenvalue weighted by atomic mass is 10.1. The summed E-state index contributed by atoms with van der Waals surface area (Å²) in [4.78, 5) is 11.4. The summed E-state index contributed by atoms with van der Waals surface area (Å²) in [7, 11) is 1.34. The van der Waals surface area contributed by atoms with Gasteiger partial charge in [0.1, 0.15) is 5.25 Å². The molecule has 0 aromatic carbocycles. The van der Waals surface area contributed by atoms with Gasteiger partial charge in [-0.25, -0.2) is 8.78 Å². The molecule has 16 heavy (non-hydrogen) atoms. The van der Waals surface area contributed by atoms with Crippen molar-refractivity contribution in [3.05, 3.63) is 0 Å². The van der Waals surface area contributed by atoms with E-state index in [2.05, 4.69) is 11.7 Å². The molecule has 5 heteroatoms. The van der Waals surface area contributed by atoms with Gasteiger partial charge in [-0.1, -0.05) is 26.2 Å². The number of hydrogen-bond acceptors (Lipinski definition) is 3. The van der Waals surface area contributed by atoms with Crippen LogP contribution in [0.3, 0.4) is 0 Å². The number of halogens is 2. The van der Waals surface area contributed by atoms with E-state index in [1.807, 2.05) is 0 Å². The summed E-state index contributed by atoms with van der Waals surface area (Å²) >= 11 is 1.28. The van der Waals surface area contributed by atoms with Gasteiger partial charge >= 0.3 is 5.97 Å². The van der Waals surface area contributed by atoms with Crippen molar-refractivity contribution in [2.24, 2.45) is 0 Å². The van der Waals surface area contributed by atoms with Crippen LogP contribution in [0.2, 0.25) is 0 Å². The van der Waals surface area contributed by atoms with Crippen molar-refractivity contribution < 1.29 is 18.3 Å². The molecule has 0 aromatic rings. The van der Waals surface area contributed by atoms with E-state index in [1.54, 1.807) is 0 Å². The standard InChI is InChI=1S/C11H20F2O2S/c1-3-4-5-6-9(11(14)15-2)16-8-7-10(12)13/h9-10H,3-8H2,1-2H3. The smallest absolute Gasteiger partial charge is 0.318 e. The van der Waals surface area contributed by atoms with E-state index in [-0.39, 0.29) is 17.6 Å². The highest BCUT2D eigenvalue weighted by Gasteiger charge is 2.19. The maximum absolute atomic E-state index is 11.9. The van der Waals surface area contributed by atoms with Crippen LogP contribution in [0.25, 0.3) is 0 Å². The number of esters is 1. The Bertz CT molecular complexity index is 189. The molecule has 0 radical (unpaired) electrons. The van der Waals surface area contributed by atoms with E-state index in [1.165, 1.54) is 18.9 Å². The first kappa shape index (κ1) is 15.7. The van der Waals surface area contributed by atoms with Gasteiger partial charge in [-0.3, -0.25) is 4.79 Å². The molecule has 0 aliphatic carbocycles. The normalized spacial score (nSPS) is 12.8. The average Bonchev–Trinajstić information content (AvgIpc) is 2.26. The van der Waals surface area contributed by atoms with E-state index in [4.69, 9.17) is 0 Å². The molecule has 0 rings (SSSR count). The third kappa shape index (κ3) is 7.91. The fraction of sp³-hybridized carbons (Fsp3) is 0.909. The van der Waals surface area contributed by atoms with Gasteiger partial charge in [0.25, 0.3) is 0 Å². The molecule has 0 N–H and O–H groups in total. The predicted molar refractivity (Wildman–Crippen MR) is 63.0 cm³/mol. The van der Waals surface area contributed by atoms with Crippen molar-refractivity contribution >= 4 is 17.7 Å². The van der Waals surface area contributed by atoms with Crippen LogP contribution in [0.1, 0.15) is 39.0 Å². The van der Waals surface area contributed by atoms with Crippen LogP contribution in [0, 0.1) is 0 Å². The molecule has 1 atom stereocenters. The second-order valence-corrected chi connectivity index (χ2v) is 4.87. The monoisotopic (exact) mass is 254 g/mol. The quantitative estimate of drug-likeness (QED) is 0.465. The van der Waals surface area contributed by atoms with E-state index in [9.17, 15) is 13.6 Å². The predicted octanol–water partition coefficient (Wildman–Crippen LogP) is 3.50. The summed E-state index contributed by atoms with van der Waals surface area (Å²) in [5.41, 5.74) is 0. The lowest BCUT2D eigenvalue weighted by Crippen LogP contribution is -2.19. The number of carbonyl (C=O) groups excluding carboxylic acids is 1. The van der Waals surface area contributed by atoms with Crippen LogP contribution < -0.4 is 0 Å². The number of hydrogen-bond donors (Lipinski definition) is 0. The van der Waals surface area contributed by atoms with E-state index in [0.29, 0.717) is 12.2 Å². The van der Waals surface area contributed by atoms with Crippen LogP contribution in [0.4, 0.5) is 8.78 Å². The van der Waals surface area contributed by atoms with Crippen molar-refractivity contribution in [1.29, 1.82) is 0 Å². The first-order valence-electron chi connectivity index (χ1n) is 5.59. The Kier molecular flexibility index (Phi) is 9.68. The number of unbranched alkanes of at least 4 members (excludes halogenated alkanes) is 2. The minimum atomic E-state index is -2.29. The highest BCUT2D eigenvalue weighted by molar-refractivity contribution is 8.00. The first-order chi connectivity index (χ1) is 7.61. The molecular weight excluding hydrogens is 234 g/mol. The molecule has 96 valence electrons. The molecule has 0 aromatic heterocycles. The summed E-state index contributed by atoms with van der Waals surface area (Å²) in [5.74, 6) is 0.0131. The molecule has 0 aliphatic rings. The molecule has 1 unspecified atom stereocenters. The molecule has 0 saturated heterocycles. The molecule has 2 nitrogen and oxygen atoms in total.